The second kappa shape index (κ2) is 6.75. The van der Waals surface area contributed by atoms with E-state index in [9.17, 15) is 18.4 Å². The lowest BCUT2D eigenvalue weighted by Crippen LogP contribution is -2.99. The van der Waals surface area contributed by atoms with Crippen LogP contribution in [-0.4, -0.2) is 19.5 Å². The molecule has 0 fully saturated rings. The maximum atomic E-state index is 12.2. The maximum Gasteiger partial charge on any atom is 0.261 e. The molecule has 2 rings (SSSR count). The van der Waals surface area contributed by atoms with Crippen molar-refractivity contribution in [2.45, 2.75) is 11.8 Å². The third kappa shape index (κ3) is 4.50. The van der Waals surface area contributed by atoms with E-state index in [-0.39, 0.29) is 22.2 Å². The highest BCUT2D eigenvalue weighted by molar-refractivity contribution is 7.92. The third-order valence-electron chi connectivity index (χ3n) is 2.87. The second-order valence-corrected chi connectivity index (χ2v) is 6.38. The van der Waals surface area contributed by atoms with Crippen molar-refractivity contribution in [3.05, 3.63) is 53.7 Å². The summed E-state index contributed by atoms with van der Waals surface area (Å²) in [5, 5.41) is 21.0. The molecule has 0 aliphatic rings. The summed E-state index contributed by atoms with van der Waals surface area (Å²) < 4.78 is 26.8. The third-order valence-corrected chi connectivity index (χ3v) is 4.27. The van der Waals surface area contributed by atoms with E-state index < -0.39 is 15.2 Å². The lowest BCUT2D eigenvalue weighted by Gasteiger charge is -2.12. The first-order chi connectivity index (χ1) is 10.8. The SMILES string of the molecule is CC(=O)Nc1ccc(S(=O)(=O)Nc2ccc([NH+]([O-])O)cc2)cc1. The molecule has 0 radical (unpaired) electrons. The van der Waals surface area contributed by atoms with Crippen molar-refractivity contribution >= 4 is 33.0 Å². The molecule has 2 aromatic carbocycles. The number of amides is 1. The summed E-state index contributed by atoms with van der Waals surface area (Å²) in [5.41, 5.74) is 0.802. The summed E-state index contributed by atoms with van der Waals surface area (Å²) in [6.07, 6.45) is 0. The highest BCUT2D eigenvalue weighted by Gasteiger charge is 2.14. The van der Waals surface area contributed by atoms with Crippen LogP contribution in [-0.2, 0) is 14.8 Å². The summed E-state index contributed by atoms with van der Waals surface area (Å²) in [4.78, 5) is 11.0. The molecule has 9 heteroatoms. The molecular weight excluding hydrogens is 322 g/mol. The van der Waals surface area contributed by atoms with Crippen LogP contribution in [0.3, 0.4) is 0 Å². The van der Waals surface area contributed by atoms with E-state index in [2.05, 4.69) is 10.0 Å². The van der Waals surface area contributed by atoms with Gasteiger partial charge in [-0.05, 0) is 36.4 Å². The van der Waals surface area contributed by atoms with Gasteiger partial charge in [0.2, 0.25) is 5.91 Å². The fourth-order valence-electron chi connectivity index (χ4n) is 1.82. The molecule has 1 unspecified atom stereocenters. The molecule has 0 bridgehead atoms. The van der Waals surface area contributed by atoms with Gasteiger partial charge in [0.15, 0.2) is 5.69 Å². The van der Waals surface area contributed by atoms with Crippen molar-refractivity contribution in [2.75, 3.05) is 10.0 Å². The van der Waals surface area contributed by atoms with Gasteiger partial charge in [0, 0.05) is 30.4 Å². The van der Waals surface area contributed by atoms with Gasteiger partial charge in [0.1, 0.15) is 0 Å². The van der Waals surface area contributed by atoms with E-state index in [0.717, 1.165) is 0 Å². The number of hydrogen-bond acceptors (Lipinski definition) is 5. The smallest absolute Gasteiger partial charge is 0.261 e. The van der Waals surface area contributed by atoms with Gasteiger partial charge in [-0.3, -0.25) is 9.52 Å². The summed E-state index contributed by atoms with van der Waals surface area (Å²) >= 11 is 0. The first-order valence-corrected chi connectivity index (χ1v) is 8.00. The Morgan fingerprint density at radius 3 is 2.04 bits per heavy atom. The van der Waals surface area contributed by atoms with Crippen molar-refractivity contribution in [1.29, 1.82) is 0 Å². The van der Waals surface area contributed by atoms with E-state index in [4.69, 9.17) is 5.21 Å². The molecule has 0 aliphatic carbocycles. The summed E-state index contributed by atoms with van der Waals surface area (Å²) in [6.45, 7) is 1.35. The van der Waals surface area contributed by atoms with Gasteiger partial charge in [0.05, 0.1) is 4.90 Å². The summed E-state index contributed by atoms with van der Waals surface area (Å²) in [5.74, 6) is -0.253. The van der Waals surface area contributed by atoms with Gasteiger partial charge in [-0.1, -0.05) is 0 Å². The molecule has 0 spiro atoms. The number of rotatable bonds is 5. The van der Waals surface area contributed by atoms with Gasteiger partial charge in [-0.25, -0.2) is 13.6 Å². The lowest BCUT2D eigenvalue weighted by atomic mass is 10.3. The van der Waals surface area contributed by atoms with Crippen LogP contribution in [0.1, 0.15) is 6.92 Å². The topological polar surface area (TPSA) is 123 Å². The van der Waals surface area contributed by atoms with Crippen LogP contribution < -0.4 is 15.3 Å². The minimum atomic E-state index is -3.80. The lowest BCUT2D eigenvalue weighted by molar-refractivity contribution is -0.991. The summed E-state index contributed by atoms with van der Waals surface area (Å²) in [7, 11) is -3.80. The maximum absolute atomic E-state index is 12.2. The highest BCUT2D eigenvalue weighted by Crippen LogP contribution is 2.19. The standard InChI is InChI=1S/C14H15N3O5S/c1-10(18)15-11-4-8-14(9-5-11)23(21,22)16-12-2-6-13(7-3-12)17(19)20/h2-9,16-17,19H,1H3,(H,15,18). The fraction of sp³-hybridized carbons (Fsp3) is 0.0714. The molecule has 23 heavy (non-hydrogen) atoms. The zero-order valence-corrected chi connectivity index (χ0v) is 12.9. The molecule has 0 aliphatic heterocycles. The molecule has 2 aromatic rings. The predicted molar refractivity (Wildman–Crippen MR) is 83.8 cm³/mol. The van der Waals surface area contributed by atoms with E-state index in [1.54, 1.807) is 0 Å². The average Bonchev–Trinajstić information content (AvgIpc) is 2.47. The van der Waals surface area contributed by atoms with Crippen LogP contribution in [0.25, 0.3) is 0 Å². The number of carbonyl (C=O) groups excluding carboxylic acids is 1. The zero-order chi connectivity index (χ0) is 17.0. The Morgan fingerprint density at radius 2 is 1.57 bits per heavy atom. The number of nitrogens with one attached hydrogen (secondary N) is 3. The Kier molecular flexibility index (Phi) is 4.96. The van der Waals surface area contributed by atoms with Crippen molar-refractivity contribution < 1.29 is 23.6 Å². The van der Waals surface area contributed by atoms with Gasteiger partial charge in [-0.2, -0.15) is 5.23 Å². The molecule has 0 saturated heterocycles. The molecular formula is C14H15N3O5S. The van der Waals surface area contributed by atoms with Crippen LogP contribution in [0.15, 0.2) is 53.4 Å². The van der Waals surface area contributed by atoms with Crippen molar-refractivity contribution in [3.8, 4) is 0 Å². The number of benzene rings is 2. The Hall–Kier alpha value is -2.46. The molecule has 1 atom stereocenters. The Bertz CT molecular complexity index is 786. The molecule has 0 saturated carbocycles. The van der Waals surface area contributed by atoms with E-state index in [0.29, 0.717) is 5.69 Å². The van der Waals surface area contributed by atoms with Crippen molar-refractivity contribution in [3.63, 3.8) is 0 Å². The van der Waals surface area contributed by atoms with Crippen LogP contribution >= 0.6 is 0 Å². The van der Waals surface area contributed by atoms with Crippen molar-refractivity contribution in [2.24, 2.45) is 0 Å². The second-order valence-electron chi connectivity index (χ2n) is 4.69. The van der Waals surface area contributed by atoms with Gasteiger partial charge >= 0.3 is 0 Å². The monoisotopic (exact) mass is 337 g/mol. The van der Waals surface area contributed by atoms with Crippen LogP contribution in [0, 0.1) is 5.21 Å². The van der Waals surface area contributed by atoms with Gasteiger partial charge in [-0.15, -0.1) is 0 Å². The fourth-order valence-corrected chi connectivity index (χ4v) is 2.87. The molecule has 1 amide bonds. The number of anilines is 2. The zero-order valence-electron chi connectivity index (χ0n) is 12.1. The number of hydrogen-bond donors (Lipinski definition) is 4. The van der Waals surface area contributed by atoms with E-state index in [1.165, 1.54) is 55.5 Å². The van der Waals surface area contributed by atoms with Crippen LogP contribution in [0.2, 0.25) is 0 Å². The Balaban J connectivity index is 2.16. The predicted octanol–water partition coefficient (Wildman–Crippen LogP) is 0.849. The van der Waals surface area contributed by atoms with Crippen LogP contribution in [0.5, 0.6) is 0 Å². The highest BCUT2D eigenvalue weighted by atomic mass is 32.2. The molecule has 4 N–H and O–H groups in total. The van der Waals surface area contributed by atoms with Gasteiger partial charge in [0.25, 0.3) is 10.0 Å². The van der Waals surface area contributed by atoms with Gasteiger partial charge < -0.3 is 10.5 Å². The molecule has 8 nitrogen and oxygen atoms in total. The van der Waals surface area contributed by atoms with E-state index in [1.807, 2.05) is 0 Å². The van der Waals surface area contributed by atoms with Crippen LogP contribution in [0.4, 0.5) is 17.1 Å². The summed E-state index contributed by atoms with van der Waals surface area (Å²) in [6, 6.07) is 11.0. The Labute approximate surface area is 132 Å². The molecule has 0 heterocycles. The average molecular weight is 337 g/mol. The first kappa shape index (κ1) is 16.9. The van der Waals surface area contributed by atoms with E-state index >= 15 is 0 Å². The quantitative estimate of drug-likeness (QED) is 0.602. The normalized spacial score (nSPS) is 12.5. The Morgan fingerprint density at radius 1 is 1.04 bits per heavy atom. The minimum Gasteiger partial charge on any atom is -0.595 e. The molecule has 122 valence electrons. The largest absolute Gasteiger partial charge is 0.595 e. The minimum absolute atomic E-state index is 0.0221. The number of quaternary nitrogens is 1. The number of sulfonamides is 1. The molecule has 0 aromatic heterocycles. The van der Waals surface area contributed by atoms with Crippen molar-refractivity contribution in [1.82, 2.24) is 0 Å². The number of carbonyl (C=O) groups is 1. The first-order valence-electron chi connectivity index (χ1n) is 6.52.